The molecule has 2 unspecified atom stereocenters. The number of rotatable bonds is 6. The Balaban J connectivity index is 2.49. The fourth-order valence-corrected chi connectivity index (χ4v) is 1.86. The first-order chi connectivity index (χ1) is 8.54. The first kappa shape index (κ1) is 14.9. The van der Waals surface area contributed by atoms with Crippen molar-refractivity contribution >= 4 is 11.9 Å². The van der Waals surface area contributed by atoms with Crippen molar-refractivity contribution in [2.75, 3.05) is 26.3 Å². The first-order valence-electron chi connectivity index (χ1n) is 6.37. The molecule has 6 heteroatoms. The SMILES string of the molecule is CCC(C)NCC(=O)N1CCOCC1CC(=O)O. The lowest BCUT2D eigenvalue weighted by molar-refractivity contribution is -0.145. The number of morpholine rings is 1. The van der Waals surface area contributed by atoms with E-state index >= 15 is 0 Å². The standard InChI is InChI=1S/C12H22N2O4/c1-3-9(2)13-7-11(15)14-4-5-18-8-10(14)6-12(16)17/h9-10,13H,3-8H2,1-2H3,(H,16,17). The zero-order chi connectivity index (χ0) is 13.5. The number of ether oxygens (including phenoxy) is 1. The minimum atomic E-state index is -0.904. The lowest BCUT2D eigenvalue weighted by atomic mass is 10.1. The number of hydrogen-bond donors (Lipinski definition) is 2. The molecule has 2 N–H and O–H groups in total. The molecule has 1 saturated heterocycles. The van der Waals surface area contributed by atoms with Crippen molar-refractivity contribution in [3.63, 3.8) is 0 Å². The summed E-state index contributed by atoms with van der Waals surface area (Å²) < 4.78 is 5.23. The van der Waals surface area contributed by atoms with Crippen LogP contribution in [0.1, 0.15) is 26.7 Å². The van der Waals surface area contributed by atoms with Crippen molar-refractivity contribution in [3.8, 4) is 0 Å². The fourth-order valence-electron chi connectivity index (χ4n) is 1.86. The predicted octanol–water partition coefficient (Wildman–Crippen LogP) is 0.0766. The van der Waals surface area contributed by atoms with Gasteiger partial charge in [-0.05, 0) is 13.3 Å². The number of aliphatic carboxylic acids is 1. The Kier molecular flexibility index (Phi) is 6.07. The topological polar surface area (TPSA) is 78.9 Å². The normalized spacial score (nSPS) is 21.7. The van der Waals surface area contributed by atoms with Crippen LogP contribution in [0.3, 0.4) is 0 Å². The van der Waals surface area contributed by atoms with Crippen LogP contribution in [0.5, 0.6) is 0 Å². The summed E-state index contributed by atoms with van der Waals surface area (Å²) in [6, 6.07) is -0.0598. The summed E-state index contributed by atoms with van der Waals surface area (Å²) in [6.07, 6.45) is 0.893. The van der Waals surface area contributed by atoms with Crippen molar-refractivity contribution < 1.29 is 19.4 Å². The predicted molar refractivity (Wildman–Crippen MR) is 66.3 cm³/mol. The van der Waals surface area contributed by atoms with Gasteiger partial charge in [0.25, 0.3) is 0 Å². The molecule has 0 bridgehead atoms. The van der Waals surface area contributed by atoms with Gasteiger partial charge in [-0.1, -0.05) is 6.92 Å². The monoisotopic (exact) mass is 258 g/mol. The molecule has 1 aliphatic rings. The van der Waals surface area contributed by atoms with Gasteiger partial charge in [0.05, 0.1) is 32.2 Å². The second-order valence-corrected chi connectivity index (χ2v) is 4.60. The van der Waals surface area contributed by atoms with Gasteiger partial charge in [0.2, 0.25) is 5.91 Å². The van der Waals surface area contributed by atoms with Crippen LogP contribution in [-0.2, 0) is 14.3 Å². The molecule has 1 fully saturated rings. The molecular formula is C12H22N2O4. The van der Waals surface area contributed by atoms with Gasteiger partial charge < -0.3 is 20.1 Å². The number of amides is 1. The van der Waals surface area contributed by atoms with Gasteiger partial charge in [-0.3, -0.25) is 9.59 Å². The molecule has 1 amide bonds. The lowest BCUT2D eigenvalue weighted by Crippen LogP contribution is -2.52. The van der Waals surface area contributed by atoms with Gasteiger partial charge in [0.15, 0.2) is 0 Å². The van der Waals surface area contributed by atoms with Crippen LogP contribution in [-0.4, -0.2) is 60.3 Å². The molecule has 1 rings (SSSR count). The second kappa shape index (κ2) is 7.33. The molecule has 0 aromatic carbocycles. The van der Waals surface area contributed by atoms with E-state index in [2.05, 4.69) is 5.32 Å². The van der Waals surface area contributed by atoms with Gasteiger partial charge in [0.1, 0.15) is 0 Å². The first-order valence-corrected chi connectivity index (χ1v) is 6.37. The van der Waals surface area contributed by atoms with Gasteiger partial charge in [-0.2, -0.15) is 0 Å². The average Bonchev–Trinajstić information content (AvgIpc) is 2.35. The zero-order valence-corrected chi connectivity index (χ0v) is 11.0. The van der Waals surface area contributed by atoms with Gasteiger partial charge in [0, 0.05) is 12.6 Å². The number of nitrogens with one attached hydrogen (secondary N) is 1. The molecule has 0 aliphatic carbocycles. The third-order valence-electron chi connectivity index (χ3n) is 3.17. The Hall–Kier alpha value is -1.14. The number of carbonyl (C=O) groups is 2. The maximum absolute atomic E-state index is 12.0. The highest BCUT2D eigenvalue weighted by Gasteiger charge is 2.28. The third-order valence-corrected chi connectivity index (χ3v) is 3.17. The quantitative estimate of drug-likeness (QED) is 0.705. The van der Waals surface area contributed by atoms with Crippen LogP contribution in [0.15, 0.2) is 0 Å². The number of carboxylic acid groups (broad SMARTS) is 1. The van der Waals surface area contributed by atoms with E-state index in [1.807, 2.05) is 13.8 Å². The van der Waals surface area contributed by atoms with Crippen molar-refractivity contribution in [3.05, 3.63) is 0 Å². The zero-order valence-electron chi connectivity index (χ0n) is 11.0. The highest BCUT2D eigenvalue weighted by molar-refractivity contribution is 5.79. The number of nitrogens with zero attached hydrogens (tertiary/aromatic N) is 1. The highest BCUT2D eigenvalue weighted by atomic mass is 16.5. The van der Waals surface area contributed by atoms with Crippen LogP contribution in [0.2, 0.25) is 0 Å². The molecule has 18 heavy (non-hydrogen) atoms. The molecule has 1 aliphatic heterocycles. The molecule has 0 aromatic rings. The summed E-state index contributed by atoms with van der Waals surface area (Å²) in [5.41, 5.74) is 0. The molecule has 0 radical (unpaired) electrons. The van der Waals surface area contributed by atoms with Crippen molar-refractivity contribution in [1.82, 2.24) is 10.2 Å². The summed E-state index contributed by atoms with van der Waals surface area (Å²) in [5.74, 6) is -0.956. The molecule has 104 valence electrons. The smallest absolute Gasteiger partial charge is 0.305 e. The second-order valence-electron chi connectivity index (χ2n) is 4.60. The Bertz CT molecular complexity index is 296. The molecule has 0 spiro atoms. The van der Waals surface area contributed by atoms with Gasteiger partial charge >= 0.3 is 5.97 Å². The van der Waals surface area contributed by atoms with E-state index in [9.17, 15) is 9.59 Å². The Morgan fingerprint density at radius 3 is 2.89 bits per heavy atom. The fraction of sp³-hybridized carbons (Fsp3) is 0.833. The maximum atomic E-state index is 12.0. The van der Waals surface area contributed by atoms with E-state index in [1.165, 1.54) is 0 Å². The molecule has 6 nitrogen and oxygen atoms in total. The average molecular weight is 258 g/mol. The van der Waals surface area contributed by atoms with E-state index < -0.39 is 5.97 Å². The minimum Gasteiger partial charge on any atom is -0.481 e. The number of carbonyl (C=O) groups excluding carboxylic acids is 1. The van der Waals surface area contributed by atoms with Gasteiger partial charge in [-0.15, -0.1) is 0 Å². The summed E-state index contributed by atoms with van der Waals surface area (Å²) in [7, 11) is 0. The van der Waals surface area contributed by atoms with Crippen LogP contribution in [0.25, 0.3) is 0 Å². The van der Waals surface area contributed by atoms with E-state index in [4.69, 9.17) is 9.84 Å². The maximum Gasteiger partial charge on any atom is 0.305 e. The van der Waals surface area contributed by atoms with E-state index in [-0.39, 0.29) is 31.0 Å². The van der Waals surface area contributed by atoms with Crippen molar-refractivity contribution in [1.29, 1.82) is 0 Å². The number of hydrogen-bond acceptors (Lipinski definition) is 4. The molecular weight excluding hydrogens is 236 g/mol. The van der Waals surface area contributed by atoms with Crippen molar-refractivity contribution in [2.45, 2.75) is 38.8 Å². The lowest BCUT2D eigenvalue weighted by Gasteiger charge is -2.35. The Morgan fingerprint density at radius 2 is 2.28 bits per heavy atom. The summed E-state index contributed by atoms with van der Waals surface area (Å²) in [5, 5.41) is 11.9. The van der Waals surface area contributed by atoms with Crippen molar-refractivity contribution in [2.24, 2.45) is 0 Å². The van der Waals surface area contributed by atoms with E-state index in [0.717, 1.165) is 6.42 Å². The molecule has 0 saturated carbocycles. The summed E-state index contributed by atoms with van der Waals surface area (Å²) in [6.45, 7) is 5.57. The molecule has 2 atom stereocenters. The van der Waals surface area contributed by atoms with E-state index in [0.29, 0.717) is 19.8 Å². The van der Waals surface area contributed by atoms with Crippen LogP contribution < -0.4 is 5.32 Å². The van der Waals surface area contributed by atoms with Crippen LogP contribution in [0, 0.1) is 0 Å². The molecule has 0 aromatic heterocycles. The largest absolute Gasteiger partial charge is 0.481 e. The van der Waals surface area contributed by atoms with E-state index in [1.54, 1.807) is 4.90 Å². The minimum absolute atomic E-state index is 0.0511. The summed E-state index contributed by atoms with van der Waals surface area (Å²) >= 11 is 0. The summed E-state index contributed by atoms with van der Waals surface area (Å²) in [4.78, 5) is 24.4. The highest BCUT2D eigenvalue weighted by Crippen LogP contribution is 2.10. The van der Waals surface area contributed by atoms with Crippen LogP contribution >= 0.6 is 0 Å². The van der Waals surface area contributed by atoms with Crippen LogP contribution in [0.4, 0.5) is 0 Å². The Morgan fingerprint density at radius 1 is 1.56 bits per heavy atom. The van der Waals surface area contributed by atoms with Gasteiger partial charge in [-0.25, -0.2) is 0 Å². The Labute approximate surface area is 107 Å². The third kappa shape index (κ3) is 4.62. The molecule has 1 heterocycles. The number of carboxylic acids is 1.